The molecule has 15 heavy (non-hydrogen) atoms. The minimum Gasteiger partial charge on any atom is -0.373 e. The summed E-state index contributed by atoms with van der Waals surface area (Å²) in [4.78, 5) is 4.64. The summed E-state index contributed by atoms with van der Waals surface area (Å²) in [6.45, 7) is 4.24. The second-order valence-corrected chi connectivity index (χ2v) is 3.78. The van der Waals surface area contributed by atoms with Gasteiger partial charge in [0.15, 0.2) is 0 Å². The smallest absolute Gasteiger partial charge is 0.133 e. The Hall–Kier alpha value is -1.51. The molecule has 0 unspecified atom stereocenters. The zero-order valence-electron chi connectivity index (χ0n) is 9.54. The maximum atomic E-state index is 4.64. The molecule has 0 spiro atoms. The molecule has 0 saturated carbocycles. The van der Waals surface area contributed by atoms with Gasteiger partial charge in [0.05, 0.1) is 5.69 Å². The summed E-state index contributed by atoms with van der Waals surface area (Å²) < 4.78 is 2.16. The lowest BCUT2D eigenvalue weighted by Crippen LogP contribution is -2.00. The van der Waals surface area contributed by atoms with E-state index in [2.05, 4.69) is 47.1 Å². The van der Waals surface area contributed by atoms with Crippen molar-refractivity contribution in [3.05, 3.63) is 29.2 Å². The number of allylic oxidation sites excluding steroid dienone is 3. The first kappa shape index (κ1) is 10.0. The lowest BCUT2D eigenvalue weighted by atomic mass is 10.3. The van der Waals surface area contributed by atoms with Crippen LogP contribution in [0.1, 0.15) is 25.4 Å². The van der Waals surface area contributed by atoms with Crippen LogP contribution >= 0.6 is 0 Å². The van der Waals surface area contributed by atoms with E-state index in [1.54, 1.807) is 0 Å². The number of hydrogen-bond acceptors (Lipinski definition) is 2. The van der Waals surface area contributed by atoms with E-state index in [4.69, 9.17) is 0 Å². The molecule has 1 N–H and O–H groups in total. The fraction of sp³-hybridized carbons (Fsp3) is 0.417. The van der Waals surface area contributed by atoms with Crippen molar-refractivity contribution in [2.75, 3.05) is 12.4 Å². The number of rotatable bonds is 2. The molecule has 0 fully saturated rings. The standard InChI is InChI=1S/C12H17N3/c1-4-10-12(13-3)15-8-9(2)6-5-7-11(15)14-10/h5-6,8,13H,4,7H2,1-3H3. The van der Waals surface area contributed by atoms with Gasteiger partial charge in [-0.2, -0.15) is 0 Å². The van der Waals surface area contributed by atoms with Gasteiger partial charge in [-0.05, 0) is 18.9 Å². The van der Waals surface area contributed by atoms with Crippen molar-refractivity contribution in [3.63, 3.8) is 0 Å². The van der Waals surface area contributed by atoms with E-state index in [0.717, 1.165) is 30.2 Å². The van der Waals surface area contributed by atoms with Gasteiger partial charge in [-0.25, -0.2) is 4.98 Å². The van der Waals surface area contributed by atoms with E-state index < -0.39 is 0 Å². The third-order valence-electron chi connectivity index (χ3n) is 2.64. The van der Waals surface area contributed by atoms with Crippen molar-refractivity contribution in [2.45, 2.75) is 26.7 Å². The minimum absolute atomic E-state index is 0.905. The molecule has 1 aromatic heterocycles. The molecule has 0 radical (unpaired) electrons. The second-order valence-electron chi connectivity index (χ2n) is 3.78. The molecule has 1 aromatic rings. The fourth-order valence-corrected chi connectivity index (χ4v) is 1.92. The maximum absolute atomic E-state index is 4.64. The monoisotopic (exact) mass is 203 g/mol. The van der Waals surface area contributed by atoms with Crippen LogP contribution in [0.5, 0.6) is 0 Å². The van der Waals surface area contributed by atoms with Crippen molar-refractivity contribution in [2.24, 2.45) is 0 Å². The van der Waals surface area contributed by atoms with Gasteiger partial charge in [0.1, 0.15) is 11.6 Å². The van der Waals surface area contributed by atoms with Gasteiger partial charge in [-0.3, -0.25) is 4.57 Å². The van der Waals surface area contributed by atoms with Gasteiger partial charge >= 0.3 is 0 Å². The van der Waals surface area contributed by atoms with Crippen molar-refractivity contribution < 1.29 is 0 Å². The van der Waals surface area contributed by atoms with Gasteiger partial charge in [-0.15, -0.1) is 0 Å². The Morgan fingerprint density at radius 3 is 3.00 bits per heavy atom. The highest BCUT2D eigenvalue weighted by Gasteiger charge is 2.13. The molecule has 0 atom stereocenters. The summed E-state index contributed by atoms with van der Waals surface area (Å²) in [5.74, 6) is 2.24. The molecular formula is C12H17N3. The molecule has 2 heterocycles. The first-order chi connectivity index (χ1) is 7.26. The van der Waals surface area contributed by atoms with Crippen molar-refractivity contribution >= 4 is 12.0 Å². The molecule has 0 saturated heterocycles. The van der Waals surface area contributed by atoms with Crippen LogP contribution < -0.4 is 5.32 Å². The molecule has 1 aliphatic rings. The molecule has 3 heteroatoms. The Morgan fingerprint density at radius 2 is 2.33 bits per heavy atom. The highest BCUT2D eigenvalue weighted by Crippen LogP contribution is 2.22. The molecule has 80 valence electrons. The predicted molar refractivity (Wildman–Crippen MR) is 63.9 cm³/mol. The van der Waals surface area contributed by atoms with Gasteiger partial charge in [0, 0.05) is 19.7 Å². The number of nitrogens with one attached hydrogen (secondary N) is 1. The number of fused-ring (bicyclic) bond motifs is 1. The van der Waals surface area contributed by atoms with E-state index in [9.17, 15) is 0 Å². The van der Waals surface area contributed by atoms with Crippen molar-refractivity contribution in [1.29, 1.82) is 0 Å². The Morgan fingerprint density at radius 1 is 1.53 bits per heavy atom. The van der Waals surface area contributed by atoms with Crippen LogP contribution in [-0.4, -0.2) is 16.6 Å². The number of nitrogens with zero attached hydrogens (tertiary/aromatic N) is 2. The van der Waals surface area contributed by atoms with Crippen LogP contribution in [0.2, 0.25) is 0 Å². The van der Waals surface area contributed by atoms with Gasteiger partial charge in [0.25, 0.3) is 0 Å². The van der Waals surface area contributed by atoms with Crippen LogP contribution in [0.3, 0.4) is 0 Å². The first-order valence-electron chi connectivity index (χ1n) is 5.39. The van der Waals surface area contributed by atoms with Gasteiger partial charge in [-0.1, -0.05) is 19.1 Å². The Kier molecular flexibility index (Phi) is 2.62. The quantitative estimate of drug-likeness (QED) is 0.800. The number of hydrogen-bond donors (Lipinski definition) is 1. The van der Waals surface area contributed by atoms with E-state index in [0.29, 0.717) is 0 Å². The molecule has 0 amide bonds. The summed E-state index contributed by atoms with van der Waals surface area (Å²) in [6, 6.07) is 0. The highest BCUT2D eigenvalue weighted by atomic mass is 15.2. The van der Waals surface area contributed by atoms with Gasteiger partial charge in [0.2, 0.25) is 0 Å². The summed E-state index contributed by atoms with van der Waals surface area (Å²) in [6.07, 6.45) is 8.31. The normalized spacial score (nSPS) is 14.5. The van der Waals surface area contributed by atoms with Crippen LogP contribution in [0.15, 0.2) is 17.7 Å². The third-order valence-corrected chi connectivity index (χ3v) is 2.64. The lowest BCUT2D eigenvalue weighted by molar-refractivity contribution is 0.964. The third kappa shape index (κ3) is 1.69. The number of aromatic nitrogens is 2. The Balaban J connectivity index is 2.57. The van der Waals surface area contributed by atoms with Crippen LogP contribution in [0.4, 0.5) is 5.82 Å². The Bertz CT molecular complexity index is 424. The highest BCUT2D eigenvalue weighted by molar-refractivity contribution is 5.54. The van der Waals surface area contributed by atoms with Crippen molar-refractivity contribution in [1.82, 2.24) is 9.55 Å². The maximum Gasteiger partial charge on any atom is 0.133 e. The van der Waals surface area contributed by atoms with Crippen LogP contribution in [-0.2, 0) is 12.8 Å². The average Bonchev–Trinajstić information content (AvgIpc) is 2.45. The average molecular weight is 203 g/mol. The predicted octanol–water partition coefficient (Wildman–Crippen LogP) is 2.46. The van der Waals surface area contributed by atoms with E-state index in [1.165, 1.54) is 5.57 Å². The number of aryl methyl sites for hydroxylation is 1. The van der Waals surface area contributed by atoms with Crippen molar-refractivity contribution in [3.8, 4) is 0 Å². The zero-order chi connectivity index (χ0) is 10.8. The molecule has 2 rings (SSSR count). The topological polar surface area (TPSA) is 29.9 Å². The summed E-state index contributed by atoms with van der Waals surface area (Å²) in [5, 5.41) is 3.23. The number of imidazole rings is 1. The van der Waals surface area contributed by atoms with E-state index in [-0.39, 0.29) is 0 Å². The zero-order valence-corrected chi connectivity index (χ0v) is 9.54. The molecule has 0 aromatic carbocycles. The number of anilines is 1. The summed E-state index contributed by atoms with van der Waals surface area (Å²) >= 11 is 0. The van der Waals surface area contributed by atoms with Crippen LogP contribution in [0, 0.1) is 0 Å². The molecular weight excluding hydrogens is 186 g/mol. The SMILES string of the molecule is CCc1nc2n(c1NC)C=C(C)C=CC2. The molecule has 1 aliphatic heterocycles. The van der Waals surface area contributed by atoms with Crippen LogP contribution in [0.25, 0.3) is 6.20 Å². The summed E-state index contributed by atoms with van der Waals surface area (Å²) in [7, 11) is 1.95. The first-order valence-corrected chi connectivity index (χ1v) is 5.39. The molecule has 0 aliphatic carbocycles. The fourth-order valence-electron chi connectivity index (χ4n) is 1.92. The minimum atomic E-state index is 0.905. The van der Waals surface area contributed by atoms with E-state index >= 15 is 0 Å². The second kappa shape index (κ2) is 3.93. The lowest BCUT2D eigenvalue weighted by Gasteiger charge is -2.05. The largest absolute Gasteiger partial charge is 0.373 e. The summed E-state index contributed by atoms with van der Waals surface area (Å²) in [5.41, 5.74) is 2.40. The van der Waals surface area contributed by atoms with Gasteiger partial charge < -0.3 is 5.32 Å². The molecule has 0 bridgehead atoms. The Labute approximate surface area is 90.5 Å². The molecule has 3 nitrogen and oxygen atoms in total. The van der Waals surface area contributed by atoms with E-state index in [1.807, 2.05) is 7.05 Å².